The van der Waals surface area contributed by atoms with Gasteiger partial charge in [-0.25, -0.2) is 4.98 Å². The number of hydrogen-bond donors (Lipinski definition) is 0. The molecule has 0 bridgehead atoms. The van der Waals surface area contributed by atoms with Crippen LogP contribution in [-0.4, -0.2) is 15.0 Å². The summed E-state index contributed by atoms with van der Waals surface area (Å²) in [6.45, 7) is 2.26. The highest BCUT2D eigenvalue weighted by Crippen LogP contribution is 2.23. The molecule has 3 nitrogen and oxygen atoms in total. The maximum atomic E-state index is 4.82. The van der Waals surface area contributed by atoms with Crippen LogP contribution in [0.15, 0.2) is 60.9 Å². The van der Waals surface area contributed by atoms with Gasteiger partial charge in [0.05, 0.1) is 22.8 Å². The standard InChI is InChI=1S/C23H27N3/c1-2-3-4-5-6-7-12-19-17-22(20-13-8-10-15-24-20)26-23(18-19)21-14-9-11-16-25-21/h8-11,13-18H,2-7,12H2,1H3. The fourth-order valence-electron chi connectivity index (χ4n) is 3.13. The second-order valence-electron chi connectivity index (χ2n) is 6.69. The lowest BCUT2D eigenvalue weighted by molar-refractivity contribution is 0.607. The molecule has 0 aromatic carbocycles. The van der Waals surface area contributed by atoms with Gasteiger partial charge in [0.25, 0.3) is 0 Å². The van der Waals surface area contributed by atoms with Crippen molar-refractivity contribution in [2.24, 2.45) is 0 Å². The van der Waals surface area contributed by atoms with Gasteiger partial charge in [-0.05, 0) is 54.8 Å². The lowest BCUT2D eigenvalue weighted by Crippen LogP contribution is -1.96. The molecule has 3 heteroatoms. The summed E-state index contributed by atoms with van der Waals surface area (Å²) >= 11 is 0. The van der Waals surface area contributed by atoms with E-state index in [9.17, 15) is 0 Å². The molecule has 0 aliphatic rings. The first kappa shape index (κ1) is 18.2. The molecule has 0 radical (unpaired) electrons. The Morgan fingerprint density at radius 3 is 1.77 bits per heavy atom. The predicted octanol–water partition coefficient (Wildman–Crippen LogP) is 6.11. The molecule has 26 heavy (non-hydrogen) atoms. The Morgan fingerprint density at radius 1 is 0.654 bits per heavy atom. The first-order chi connectivity index (χ1) is 12.9. The molecule has 3 aromatic heterocycles. The first-order valence-electron chi connectivity index (χ1n) is 9.70. The molecule has 3 rings (SSSR count). The topological polar surface area (TPSA) is 38.7 Å². The van der Waals surface area contributed by atoms with E-state index in [1.807, 2.05) is 48.8 Å². The van der Waals surface area contributed by atoms with Crippen molar-refractivity contribution < 1.29 is 0 Å². The summed E-state index contributed by atoms with van der Waals surface area (Å²) < 4.78 is 0. The summed E-state index contributed by atoms with van der Waals surface area (Å²) in [4.78, 5) is 13.8. The highest BCUT2D eigenvalue weighted by Gasteiger charge is 2.08. The molecule has 0 atom stereocenters. The molecule has 0 fully saturated rings. The highest BCUT2D eigenvalue weighted by atomic mass is 14.8. The Morgan fingerprint density at radius 2 is 1.23 bits per heavy atom. The highest BCUT2D eigenvalue weighted by molar-refractivity contribution is 5.63. The largest absolute Gasteiger partial charge is 0.255 e. The maximum Gasteiger partial charge on any atom is 0.0897 e. The number of unbranched alkanes of at least 4 members (excludes halogenated alkanes) is 5. The van der Waals surface area contributed by atoms with Crippen molar-refractivity contribution in [1.29, 1.82) is 0 Å². The molecule has 0 spiro atoms. The zero-order chi connectivity index (χ0) is 18.0. The number of pyridine rings is 3. The van der Waals surface area contributed by atoms with Gasteiger partial charge in [-0.1, -0.05) is 51.2 Å². The minimum absolute atomic E-state index is 0.912. The summed E-state index contributed by atoms with van der Waals surface area (Å²) in [6.07, 6.45) is 12.6. The van der Waals surface area contributed by atoms with Crippen molar-refractivity contribution in [3.63, 3.8) is 0 Å². The molecule has 3 aromatic rings. The lowest BCUT2D eigenvalue weighted by atomic mass is 10.0. The van der Waals surface area contributed by atoms with Crippen LogP contribution in [0.2, 0.25) is 0 Å². The van der Waals surface area contributed by atoms with Gasteiger partial charge >= 0.3 is 0 Å². The molecule has 0 saturated carbocycles. The fraction of sp³-hybridized carbons (Fsp3) is 0.348. The van der Waals surface area contributed by atoms with Gasteiger partial charge in [0.1, 0.15) is 0 Å². The number of aromatic nitrogens is 3. The minimum atomic E-state index is 0.912. The average Bonchev–Trinajstić information content (AvgIpc) is 2.72. The van der Waals surface area contributed by atoms with Crippen molar-refractivity contribution in [1.82, 2.24) is 15.0 Å². The van der Waals surface area contributed by atoms with E-state index < -0.39 is 0 Å². The third kappa shape index (κ3) is 5.22. The Hall–Kier alpha value is -2.55. The van der Waals surface area contributed by atoms with Crippen molar-refractivity contribution in [2.45, 2.75) is 51.9 Å². The van der Waals surface area contributed by atoms with Gasteiger partial charge in [-0.2, -0.15) is 0 Å². The van der Waals surface area contributed by atoms with E-state index in [1.54, 1.807) is 0 Å². The van der Waals surface area contributed by atoms with Gasteiger partial charge in [0.2, 0.25) is 0 Å². The summed E-state index contributed by atoms with van der Waals surface area (Å²) in [6, 6.07) is 16.3. The number of nitrogens with zero attached hydrogens (tertiary/aromatic N) is 3. The van der Waals surface area contributed by atoms with E-state index in [0.717, 1.165) is 29.2 Å². The predicted molar refractivity (Wildman–Crippen MR) is 108 cm³/mol. The van der Waals surface area contributed by atoms with Crippen molar-refractivity contribution in [3.8, 4) is 22.8 Å². The van der Waals surface area contributed by atoms with Gasteiger partial charge < -0.3 is 0 Å². The second kappa shape index (κ2) is 9.81. The fourth-order valence-corrected chi connectivity index (χ4v) is 3.13. The molecule has 0 aliphatic heterocycles. The SMILES string of the molecule is CCCCCCCCc1cc(-c2ccccn2)nc(-c2ccccn2)c1. The molecule has 0 saturated heterocycles. The molecular formula is C23H27N3. The van der Waals surface area contributed by atoms with E-state index in [4.69, 9.17) is 4.98 Å². The Labute approximate surface area is 156 Å². The van der Waals surface area contributed by atoms with Crippen molar-refractivity contribution >= 4 is 0 Å². The number of rotatable bonds is 9. The van der Waals surface area contributed by atoms with Crippen LogP contribution in [0.1, 0.15) is 51.0 Å². The van der Waals surface area contributed by atoms with Crippen LogP contribution >= 0.6 is 0 Å². The van der Waals surface area contributed by atoms with Crippen LogP contribution in [-0.2, 0) is 6.42 Å². The normalized spacial score (nSPS) is 10.8. The zero-order valence-electron chi connectivity index (χ0n) is 15.6. The summed E-state index contributed by atoms with van der Waals surface area (Å²) in [5.74, 6) is 0. The smallest absolute Gasteiger partial charge is 0.0897 e. The average molecular weight is 345 g/mol. The van der Waals surface area contributed by atoms with E-state index in [2.05, 4.69) is 29.0 Å². The summed E-state index contributed by atoms with van der Waals surface area (Å²) in [5.41, 5.74) is 4.99. The van der Waals surface area contributed by atoms with E-state index in [0.29, 0.717) is 0 Å². The van der Waals surface area contributed by atoms with E-state index >= 15 is 0 Å². The summed E-state index contributed by atoms with van der Waals surface area (Å²) in [7, 11) is 0. The van der Waals surface area contributed by atoms with Gasteiger partial charge in [0.15, 0.2) is 0 Å². The number of hydrogen-bond acceptors (Lipinski definition) is 3. The molecule has 0 amide bonds. The molecule has 0 N–H and O–H groups in total. The van der Waals surface area contributed by atoms with Gasteiger partial charge in [-0.15, -0.1) is 0 Å². The van der Waals surface area contributed by atoms with Crippen molar-refractivity contribution in [2.75, 3.05) is 0 Å². The maximum absolute atomic E-state index is 4.82. The second-order valence-corrected chi connectivity index (χ2v) is 6.69. The molecule has 134 valence electrons. The van der Waals surface area contributed by atoms with E-state index in [-0.39, 0.29) is 0 Å². The third-order valence-electron chi connectivity index (χ3n) is 4.56. The Kier molecular flexibility index (Phi) is 6.88. The van der Waals surface area contributed by atoms with Crippen LogP contribution in [0.3, 0.4) is 0 Å². The van der Waals surface area contributed by atoms with Gasteiger partial charge in [-0.3, -0.25) is 9.97 Å². The van der Waals surface area contributed by atoms with Crippen LogP contribution < -0.4 is 0 Å². The third-order valence-corrected chi connectivity index (χ3v) is 4.56. The van der Waals surface area contributed by atoms with Crippen molar-refractivity contribution in [3.05, 3.63) is 66.5 Å². The monoisotopic (exact) mass is 345 g/mol. The Bertz CT molecular complexity index is 727. The molecule has 3 heterocycles. The lowest BCUT2D eigenvalue weighted by Gasteiger charge is -2.09. The Balaban J connectivity index is 1.79. The van der Waals surface area contributed by atoms with Crippen LogP contribution in [0.25, 0.3) is 22.8 Å². The quantitative estimate of drug-likeness (QED) is 0.439. The number of aryl methyl sites for hydroxylation is 1. The molecule has 0 unspecified atom stereocenters. The zero-order valence-corrected chi connectivity index (χ0v) is 15.6. The van der Waals surface area contributed by atoms with Gasteiger partial charge in [0, 0.05) is 12.4 Å². The van der Waals surface area contributed by atoms with Crippen LogP contribution in [0, 0.1) is 0 Å². The minimum Gasteiger partial charge on any atom is -0.255 e. The van der Waals surface area contributed by atoms with Crippen LogP contribution in [0.4, 0.5) is 0 Å². The molecule has 0 aliphatic carbocycles. The van der Waals surface area contributed by atoms with Crippen LogP contribution in [0.5, 0.6) is 0 Å². The van der Waals surface area contributed by atoms with E-state index in [1.165, 1.54) is 44.1 Å². The first-order valence-corrected chi connectivity index (χ1v) is 9.70. The summed E-state index contributed by atoms with van der Waals surface area (Å²) in [5, 5.41) is 0. The molecular weight excluding hydrogens is 318 g/mol.